The van der Waals surface area contributed by atoms with Gasteiger partial charge in [0.25, 0.3) is 11.6 Å². The van der Waals surface area contributed by atoms with Crippen LogP contribution in [0, 0.1) is 24.0 Å². The number of amides is 1. The van der Waals surface area contributed by atoms with Gasteiger partial charge in [-0.25, -0.2) is 0 Å². The summed E-state index contributed by atoms with van der Waals surface area (Å²) in [4.78, 5) is 22.9. The molecular formula is C16H16N2O4. The number of nitrogens with zero attached hydrogens (tertiary/aromatic N) is 1. The Balaban J connectivity index is 2.34. The van der Waals surface area contributed by atoms with Crippen LogP contribution in [0.4, 0.5) is 11.4 Å². The SMILES string of the molecule is COc1ccc(NC(=O)c2ccc(C)cc2C)c([N+](=O)[O-])c1. The molecule has 2 rings (SSSR count). The summed E-state index contributed by atoms with van der Waals surface area (Å²) in [6.07, 6.45) is 0. The number of carbonyl (C=O) groups is 1. The largest absolute Gasteiger partial charge is 0.496 e. The first-order valence-corrected chi connectivity index (χ1v) is 6.63. The average molecular weight is 300 g/mol. The van der Waals surface area contributed by atoms with Gasteiger partial charge in [-0.05, 0) is 37.6 Å². The fraction of sp³-hybridized carbons (Fsp3) is 0.188. The van der Waals surface area contributed by atoms with Crippen molar-refractivity contribution in [2.75, 3.05) is 12.4 Å². The van der Waals surface area contributed by atoms with Gasteiger partial charge in [0.05, 0.1) is 18.1 Å². The van der Waals surface area contributed by atoms with Crippen LogP contribution in [-0.2, 0) is 0 Å². The van der Waals surface area contributed by atoms with Crippen LogP contribution in [0.25, 0.3) is 0 Å². The van der Waals surface area contributed by atoms with Gasteiger partial charge in [-0.2, -0.15) is 0 Å². The van der Waals surface area contributed by atoms with Gasteiger partial charge in [-0.15, -0.1) is 0 Å². The van der Waals surface area contributed by atoms with E-state index in [0.717, 1.165) is 11.1 Å². The van der Waals surface area contributed by atoms with E-state index < -0.39 is 4.92 Å². The molecule has 0 atom stereocenters. The molecule has 1 amide bonds. The van der Waals surface area contributed by atoms with Crippen molar-refractivity contribution in [3.05, 3.63) is 63.2 Å². The predicted molar refractivity (Wildman–Crippen MR) is 83.5 cm³/mol. The molecular weight excluding hydrogens is 284 g/mol. The van der Waals surface area contributed by atoms with Crippen molar-refractivity contribution in [1.29, 1.82) is 0 Å². The molecule has 6 nitrogen and oxygen atoms in total. The number of rotatable bonds is 4. The molecule has 22 heavy (non-hydrogen) atoms. The lowest BCUT2D eigenvalue weighted by molar-refractivity contribution is -0.384. The van der Waals surface area contributed by atoms with Gasteiger partial charge in [0.2, 0.25) is 0 Å². The van der Waals surface area contributed by atoms with Crippen LogP contribution >= 0.6 is 0 Å². The molecule has 1 N–H and O–H groups in total. The summed E-state index contributed by atoms with van der Waals surface area (Å²) in [7, 11) is 1.42. The number of carbonyl (C=O) groups excluding carboxylic acids is 1. The highest BCUT2D eigenvalue weighted by Gasteiger charge is 2.18. The topological polar surface area (TPSA) is 81.5 Å². The zero-order valence-corrected chi connectivity index (χ0v) is 12.5. The molecule has 0 aliphatic carbocycles. The lowest BCUT2D eigenvalue weighted by atomic mass is 10.1. The molecule has 0 aliphatic rings. The molecule has 0 saturated carbocycles. The standard InChI is InChI=1S/C16H16N2O4/c1-10-4-6-13(11(2)8-10)16(19)17-14-7-5-12(22-3)9-15(14)18(20)21/h4-9H,1-3H3,(H,17,19). The Hall–Kier alpha value is -2.89. The van der Waals surface area contributed by atoms with E-state index >= 15 is 0 Å². The minimum Gasteiger partial charge on any atom is -0.496 e. The van der Waals surface area contributed by atoms with E-state index in [4.69, 9.17) is 4.74 Å². The third kappa shape index (κ3) is 3.22. The molecule has 0 aromatic heterocycles. The number of hydrogen-bond acceptors (Lipinski definition) is 4. The van der Waals surface area contributed by atoms with Crippen LogP contribution in [0.3, 0.4) is 0 Å². The van der Waals surface area contributed by atoms with Crippen LogP contribution in [0.5, 0.6) is 5.75 Å². The van der Waals surface area contributed by atoms with Crippen LogP contribution in [0.2, 0.25) is 0 Å². The summed E-state index contributed by atoms with van der Waals surface area (Å²) in [6, 6.07) is 9.71. The van der Waals surface area contributed by atoms with Gasteiger partial charge < -0.3 is 10.1 Å². The first kappa shape index (κ1) is 15.5. The van der Waals surface area contributed by atoms with E-state index in [0.29, 0.717) is 11.3 Å². The second kappa shape index (κ2) is 6.26. The number of aryl methyl sites for hydroxylation is 2. The van der Waals surface area contributed by atoms with E-state index in [2.05, 4.69) is 5.32 Å². The fourth-order valence-electron chi connectivity index (χ4n) is 2.15. The summed E-state index contributed by atoms with van der Waals surface area (Å²) >= 11 is 0. The molecule has 0 spiro atoms. The third-order valence-corrected chi connectivity index (χ3v) is 3.28. The summed E-state index contributed by atoms with van der Waals surface area (Å²) < 4.78 is 4.96. The van der Waals surface area contributed by atoms with E-state index in [9.17, 15) is 14.9 Å². The number of anilines is 1. The van der Waals surface area contributed by atoms with Crippen LogP contribution < -0.4 is 10.1 Å². The van der Waals surface area contributed by atoms with Crippen molar-refractivity contribution in [1.82, 2.24) is 0 Å². The Morgan fingerprint density at radius 2 is 1.91 bits per heavy atom. The highest BCUT2D eigenvalue weighted by atomic mass is 16.6. The molecule has 0 saturated heterocycles. The Bertz CT molecular complexity index is 741. The molecule has 6 heteroatoms. The number of benzene rings is 2. The Morgan fingerprint density at radius 1 is 1.18 bits per heavy atom. The Labute approximate surface area is 127 Å². The first-order valence-electron chi connectivity index (χ1n) is 6.63. The summed E-state index contributed by atoms with van der Waals surface area (Å²) in [5, 5.41) is 13.7. The van der Waals surface area contributed by atoms with Crippen molar-refractivity contribution >= 4 is 17.3 Å². The maximum atomic E-state index is 12.3. The normalized spacial score (nSPS) is 10.1. The molecule has 2 aromatic rings. The van der Waals surface area contributed by atoms with E-state index in [1.807, 2.05) is 26.0 Å². The molecule has 0 aliphatic heterocycles. The average Bonchev–Trinajstić information content (AvgIpc) is 2.47. The molecule has 2 aromatic carbocycles. The fourth-order valence-corrected chi connectivity index (χ4v) is 2.15. The zero-order chi connectivity index (χ0) is 16.3. The minimum absolute atomic E-state index is 0.135. The Kier molecular flexibility index (Phi) is 4.41. The maximum Gasteiger partial charge on any atom is 0.296 e. The van der Waals surface area contributed by atoms with Crippen molar-refractivity contribution in [3.63, 3.8) is 0 Å². The number of ether oxygens (including phenoxy) is 1. The van der Waals surface area contributed by atoms with Crippen LogP contribution in [0.1, 0.15) is 21.5 Å². The minimum atomic E-state index is -0.555. The van der Waals surface area contributed by atoms with Crippen LogP contribution in [0.15, 0.2) is 36.4 Å². The molecule has 114 valence electrons. The third-order valence-electron chi connectivity index (χ3n) is 3.28. The van der Waals surface area contributed by atoms with Gasteiger partial charge in [0.15, 0.2) is 0 Å². The van der Waals surface area contributed by atoms with Gasteiger partial charge in [-0.3, -0.25) is 14.9 Å². The van der Waals surface area contributed by atoms with Crippen molar-refractivity contribution in [2.45, 2.75) is 13.8 Å². The number of nitro groups is 1. The monoisotopic (exact) mass is 300 g/mol. The van der Waals surface area contributed by atoms with Gasteiger partial charge in [0, 0.05) is 5.56 Å². The smallest absolute Gasteiger partial charge is 0.296 e. The predicted octanol–water partition coefficient (Wildman–Crippen LogP) is 3.47. The first-order chi connectivity index (χ1) is 10.4. The van der Waals surface area contributed by atoms with Gasteiger partial charge >= 0.3 is 0 Å². The van der Waals surface area contributed by atoms with Gasteiger partial charge in [0.1, 0.15) is 11.4 Å². The van der Waals surface area contributed by atoms with Crippen molar-refractivity contribution in [2.24, 2.45) is 0 Å². The highest BCUT2D eigenvalue weighted by molar-refractivity contribution is 6.06. The number of nitrogens with one attached hydrogen (secondary N) is 1. The van der Waals surface area contributed by atoms with E-state index in [1.165, 1.54) is 19.2 Å². The molecule has 0 unspecified atom stereocenters. The zero-order valence-electron chi connectivity index (χ0n) is 12.5. The lowest BCUT2D eigenvalue weighted by Crippen LogP contribution is -2.14. The van der Waals surface area contributed by atoms with E-state index in [1.54, 1.807) is 12.1 Å². The second-order valence-corrected chi connectivity index (χ2v) is 4.91. The lowest BCUT2D eigenvalue weighted by Gasteiger charge is -2.09. The number of nitro benzene ring substituents is 1. The second-order valence-electron chi connectivity index (χ2n) is 4.91. The van der Waals surface area contributed by atoms with Crippen molar-refractivity contribution < 1.29 is 14.5 Å². The van der Waals surface area contributed by atoms with E-state index in [-0.39, 0.29) is 17.3 Å². The number of hydrogen-bond donors (Lipinski definition) is 1. The van der Waals surface area contributed by atoms with Crippen molar-refractivity contribution in [3.8, 4) is 5.75 Å². The molecule has 0 radical (unpaired) electrons. The maximum absolute atomic E-state index is 12.3. The summed E-state index contributed by atoms with van der Waals surface area (Å²) in [5.74, 6) is -0.0259. The Morgan fingerprint density at radius 3 is 2.50 bits per heavy atom. The molecule has 0 fully saturated rings. The quantitative estimate of drug-likeness (QED) is 0.692. The van der Waals surface area contributed by atoms with Crippen LogP contribution in [-0.4, -0.2) is 17.9 Å². The summed E-state index contributed by atoms with van der Waals surface area (Å²) in [6.45, 7) is 3.76. The highest BCUT2D eigenvalue weighted by Crippen LogP contribution is 2.29. The molecule has 0 bridgehead atoms. The number of methoxy groups -OCH3 is 1. The summed E-state index contributed by atoms with van der Waals surface area (Å²) in [5.41, 5.74) is 2.27. The van der Waals surface area contributed by atoms with Gasteiger partial charge in [-0.1, -0.05) is 17.7 Å². The molecule has 0 heterocycles.